The fraction of sp³-hybridized carbons (Fsp3) is 0.222. The van der Waals surface area contributed by atoms with E-state index in [-0.39, 0.29) is 23.2 Å². The Bertz CT molecular complexity index is 1820. The summed E-state index contributed by atoms with van der Waals surface area (Å²) in [5.41, 5.74) is 7.97. The van der Waals surface area contributed by atoms with Crippen LogP contribution in [0, 0.1) is 13.8 Å². The van der Waals surface area contributed by atoms with Gasteiger partial charge >= 0.3 is 0 Å². The van der Waals surface area contributed by atoms with E-state index < -0.39 is 0 Å². The highest BCUT2D eigenvalue weighted by Crippen LogP contribution is 2.50. The minimum absolute atomic E-state index is 0.0292. The van der Waals surface area contributed by atoms with Crippen molar-refractivity contribution in [3.05, 3.63) is 125 Å². The molecule has 0 saturated carbocycles. The zero-order valence-corrected chi connectivity index (χ0v) is 23.8. The van der Waals surface area contributed by atoms with Gasteiger partial charge in [-0.3, -0.25) is 4.99 Å². The summed E-state index contributed by atoms with van der Waals surface area (Å²) < 4.78 is 6.24. The number of para-hydroxylation sites is 2. The van der Waals surface area contributed by atoms with Gasteiger partial charge in [0, 0.05) is 22.7 Å². The zero-order valence-electron chi connectivity index (χ0n) is 23.8. The van der Waals surface area contributed by atoms with Gasteiger partial charge in [-0.1, -0.05) is 80.6 Å². The molecule has 0 radical (unpaired) electrons. The molecule has 5 nitrogen and oxygen atoms in total. The number of ether oxygens (including phenoxy) is 1. The Kier molecular flexibility index (Phi) is 5.86. The lowest BCUT2D eigenvalue weighted by Crippen LogP contribution is -2.41. The maximum Gasteiger partial charge on any atom is 0.219 e. The molecule has 2 heterocycles. The van der Waals surface area contributed by atoms with Crippen molar-refractivity contribution >= 4 is 22.4 Å². The molecule has 7 rings (SSSR count). The van der Waals surface area contributed by atoms with Crippen molar-refractivity contribution in [3.8, 4) is 17.4 Å². The number of hydrogen-bond acceptors (Lipinski definition) is 5. The first kappa shape index (κ1) is 25.3. The molecule has 2 atom stereocenters. The van der Waals surface area contributed by atoms with E-state index >= 15 is 0 Å². The summed E-state index contributed by atoms with van der Waals surface area (Å²) in [5, 5.41) is 11.2. The molecule has 41 heavy (non-hydrogen) atoms. The van der Waals surface area contributed by atoms with E-state index in [4.69, 9.17) is 9.73 Å². The summed E-state index contributed by atoms with van der Waals surface area (Å²) in [6, 6.07) is 32.8. The molecule has 0 spiro atoms. The van der Waals surface area contributed by atoms with Crippen molar-refractivity contribution < 1.29 is 9.84 Å². The average molecular weight is 540 g/mol. The first-order valence-corrected chi connectivity index (χ1v) is 14.2. The van der Waals surface area contributed by atoms with Gasteiger partial charge in [0.05, 0.1) is 12.1 Å². The van der Waals surface area contributed by atoms with Crippen LogP contribution in [0.4, 0.5) is 5.69 Å². The third-order valence-electron chi connectivity index (χ3n) is 8.56. The number of aromatic nitrogens is 1. The van der Waals surface area contributed by atoms with Gasteiger partial charge in [-0.05, 0) is 72.2 Å². The largest absolute Gasteiger partial charge is 0.506 e. The molecule has 0 unspecified atom stereocenters. The van der Waals surface area contributed by atoms with E-state index in [0.29, 0.717) is 17.1 Å². The topological polar surface area (TPSA) is 58.0 Å². The Balaban J connectivity index is 1.33. The number of hydrogen-bond donors (Lipinski definition) is 1. The molecule has 4 aromatic carbocycles. The molecule has 5 aromatic rings. The maximum atomic E-state index is 10.3. The summed E-state index contributed by atoms with van der Waals surface area (Å²) >= 11 is 0. The Morgan fingerprint density at radius 2 is 1.61 bits per heavy atom. The number of phenols is 1. The van der Waals surface area contributed by atoms with Crippen LogP contribution in [0.2, 0.25) is 0 Å². The van der Waals surface area contributed by atoms with E-state index in [1.54, 1.807) is 6.07 Å². The fourth-order valence-electron chi connectivity index (χ4n) is 6.74. The SMILES string of the molecule is Cc1cccc(C)c1N1C(c2cccc(Oc3ccc4cccc(O)c4n3)c2)=N[C@H]2CC(C)(C)c3ccccc3[C@H]21. The predicted octanol–water partition coefficient (Wildman–Crippen LogP) is 8.41. The lowest BCUT2D eigenvalue weighted by atomic mass is 9.69. The minimum atomic E-state index is 0.0292. The first-order valence-electron chi connectivity index (χ1n) is 14.2. The molecule has 1 aliphatic carbocycles. The Morgan fingerprint density at radius 3 is 2.44 bits per heavy atom. The second kappa shape index (κ2) is 9.48. The Hall–Kier alpha value is -4.64. The van der Waals surface area contributed by atoms with Crippen LogP contribution in [0.15, 0.2) is 102 Å². The number of benzene rings is 4. The minimum Gasteiger partial charge on any atom is -0.506 e. The summed E-state index contributed by atoms with van der Waals surface area (Å²) in [6.07, 6.45) is 0.973. The van der Waals surface area contributed by atoms with Crippen LogP contribution in [0.25, 0.3) is 10.9 Å². The van der Waals surface area contributed by atoms with E-state index in [1.165, 1.54) is 27.9 Å². The molecule has 1 N–H and O–H groups in total. The lowest BCUT2D eigenvalue weighted by Gasteiger charge is -2.42. The van der Waals surface area contributed by atoms with Gasteiger partial charge in [-0.2, -0.15) is 0 Å². The van der Waals surface area contributed by atoms with Gasteiger partial charge in [0.15, 0.2) is 0 Å². The van der Waals surface area contributed by atoms with Gasteiger partial charge in [-0.25, -0.2) is 4.98 Å². The van der Waals surface area contributed by atoms with Crippen molar-refractivity contribution in [1.29, 1.82) is 0 Å². The highest BCUT2D eigenvalue weighted by Gasteiger charge is 2.47. The van der Waals surface area contributed by atoms with Gasteiger partial charge in [-0.15, -0.1) is 0 Å². The highest BCUT2D eigenvalue weighted by molar-refractivity contribution is 6.13. The van der Waals surface area contributed by atoms with Crippen molar-refractivity contribution in [2.45, 2.75) is 51.6 Å². The normalized spacial score (nSPS) is 19.0. The Morgan fingerprint density at radius 1 is 0.854 bits per heavy atom. The highest BCUT2D eigenvalue weighted by atomic mass is 16.5. The number of pyridine rings is 1. The summed E-state index contributed by atoms with van der Waals surface area (Å²) in [7, 11) is 0. The number of amidine groups is 1. The molecule has 0 amide bonds. The number of aryl methyl sites for hydroxylation is 2. The monoisotopic (exact) mass is 539 g/mol. The molecule has 0 fully saturated rings. The van der Waals surface area contributed by atoms with E-state index in [1.807, 2.05) is 42.5 Å². The smallest absolute Gasteiger partial charge is 0.219 e. The van der Waals surface area contributed by atoms with Gasteiger partial charge < -0.3 is 14.7 Å². The van der Waals surface area contributed by atoms with Crippen molar-refractivity contribution in [1.82, 2.24) is 4.98 Å². The van der Waals surface area contributed by atoms with Crippen LogP contribution in [-0.4, -0.2) is 22.0 Å². The predicted molar refractivity (Wildman–Crippen MR) is 165 cm³/mol. The molecular weight excluding hydrogens is 506 g/mol. The second-order valence-electron chi connectivity index (χ2n) is 11.9. The summed E-state index contributed by atoms with van der Waals surface area (Å²) in [4.78, 5) is 12.5. The van der Waals surface area contributed by atoms with Crippen molar-refractivity contribution in [2.24, 2.45) is 4.99 Å². The van der Waals surface area contributed by atoms with Gasteiger partial charge in [0.1, 0.15) is 22.9 Å². The average Bonchev–Trinajstić information content (AvgIpc) is 3.32. The standard InChI is InChI=1S/C36H33N3O2/c1-22-10-7-11-23(2)33(22)39-34-27-15-5-6-16-28(27)36(3,4)21-29(34)37-35(39)25-13-8-14-26(20-25)41-31-19-18-24-12-9-17-30(40)32(24)38-31/h5-20,29,34,40H,21H2,1-4H3/t29-,34+/m0/s1. The molecule has 204 valence electrons. The zero-order chi connectivity index (χ0) is 28.3. The van der Waals surface area contributed by atoms with E-state index in [0.717, 1.165) is 23.2 Å². The first-order chi connectivity index (χ1) is 19.8. The molecule has 2 aliphatic rings. The van der Waals surface area contributed by atoms with Crippen molar-refractivity contribution in [3.63, 3.8) is 0 Å². The van der Waals surface area contributed by atoms with Crippen LogP contribution in [0.3, 0.4) is 0 Å². The van der Waals surface area contributed by atoms with Crippen LogP contribution >= 0.6 is 0 Å². The van der Waals surface area contributed by atoms with Crippen LogP contribution in [0.1, 0.15) is 54.1 Å². The quantitative estimate of drug-likeness (QED) is 0.249. The Labute approximate surface area is 240 Å². The molecule has 0 saturated heterocycles. The number of fused-ring (bicyclic) bond motifs is 4. The van der Waals surface area contributed by atoms with Crippen LogP contribution in [-0.2, 0) is 5.41 Å². The number of phenolic OH excluding ortho intramolecular Hbond substituents is 1. The fourth-order valence-corrected chi connectivity index (χ4v) is 6.74. The van der Waals surface area contributed by atoms with Crippen LogP contribution < -0.4 is 9.64 Å². The second-order valence-corrected chi connectivity index (χ2v) is 11.9. The van der Waals surface area contributed by atoms with Gasteiger partial charge in [0.25, 0.3) is 0 Å². The number of rotatable bonds is 4. The van der Waals surface area contributed by atoms with E-state index in [9.17, 15) is 5.11 Å². The molecule has 5 heteroatoms. The number of aromatic hydroxyl groups is 1. The van der Waals surface area contributed by atoms with Crippen molar-refractivity contribution in [2.75, 3.05) is 4.90 Å². The number of aliphatic imine (C=N–C) groups is 1. The third-order valence-corrected chi connectivity index (χ3v) is 8.56. The summed E-state index contributed by atoms with van der Waals surface area (Å²) in [5.74, 6) is 2.20. The lowest BCUT2D eigenvalue weighted by molar-refractivity contribution is 0.364. The third kappa shape index (κ3) is 4.24. The van der Waals surface area contributed by atoms with Crippen LogP contribution in [0.5, 0.6) is 17.4 Å². The molecule has 1 aliphatic heterocycles. The number of anilines is 1. The number of nitrogens with zero attached hydrogens (tertiary/aromatic N) is 3. The summed E-state index contributed by atoms with van der Waals surface area (Å²) in [6.45, 7) is 9.04. The molecule has 1 aromatic heterocycles. The molecular formula is C36H33N3O2. The molecule has 0 bridgehead atoms. The van der Waals surface area contributed by atoms with E-state index in [2.05, 4.69) is 86.1 Å². The van der Waals surface area contributed by atoms with Gasteiger partial charge in [0.2, 0.25) is 5.88 Å². The maximum absolute atomic E-state index is 10.3.